The highest BCUT2D eigenvalue weighted by Crippen LogP contribution is 2.26. The molecule has 1 aromatic heterocycles. The van der Waals surface area contributed by atoms with Crippen molar-refractivity contribution in [2.45, 2.75) is 25.8 Å². The van der Waals surface area contributed by atoms with Crippen molar-refractivity contribution in [1.82, 2.24) is 9.97 Å². The van der Waals surface area contributed by atoms with Gasteiger partial charge in [0.25, 0.3) is 0 Å². The van der Waals surface area contributed by atoms with E-state index in [1.54, 1.807) is 12.1 Å². The number of nitrogens with zero attached hydrogens (tertiary/aromatic N) is 2. The maximum absolute atomic E-state index is 13.8. The number of aryl methyl sites for hydroxylation is 1. The first-order valence-corrected chi connectivity index (χ1v) is 7.61. The monoisotopic (exact) mass is 321 g/mol. The van der Waals surface area contributed by atoms with Crippen molar-refractivity contribution in [2.75, 3.05) is 18.5 Å². The summed E-state index contributed by atoms with van der Waals surface area (Å²) < 4.78 is 19.2. The minimum absolute atomic E-state index is 0.280. The standard InChI is InChI=1S/C16H17ClFN3O/c1-10-20-15(11-5-6-22-9-11)7-16(21-10)19-8-12-13(17)3-2-4-14(12)18/h2-4,7,11H,5-6,8-9H2,1H3,(H,19,20,21)/t11-/m0/s1. The number of anilines is 1. The molecule has 1 saturated heterocycles. The van der Waals surface area contributed by atoms with Crippen LogP contribution in [0, 0.1) is 12.7 Å². The van der Waals surface area contributed by atoms with Crippen LogP contribution < -0.4 is 5.32 Å². The lowest BCUT2D eigenvalue weighted by molar-refractivity contribution is 0.193. The maximum Gasteiger partial charge on any atom is 0.130 e. The molecule has 4 nitrogen and oxygen atoms in total. The quantitative estimate of drug-likeness (QED) is 0.933. The number of ether oxygens (including phenoxy) is 1. The summed E-state index contributed by atoms with van der Waals surface area (Å²) in [6, 6.07) is 6.57. The number of aromatic nitrogens is 2. The summed E-state index contributed by atoms with van der Waals surface area (Å²) in [5, 5.41) is 3.54. The van der Waals surface area contributed by atoms with Gasteiger partial charge >= 0.3 is 0 Å². The molecule has 116 valence electrons. The van der Waals surface area contributed by atoms with Gasteiger partial charge in [-0.15, -0.1) is 0 Å². The zero-order valence-corrected chi connectivity index (χ0v) is 13.0. The van der Waals surface area contributed by atoms with E-state index in [4.69, 9.17) is 16.3 Å². The van der Waals surface area contributed by atoms with Gasteiger partial charge in [-0.1, -0.05) is 17.7 Å². The molecular formula is C16H17ClFN3O. The van der Waals surface area contributed by atoms with Gasteiger partial charge in [-0.2, -0.15) is 0 Å². The summed E-state index contributed by atoms with van der Waals surface area (Å²) in [6.45, 7) is 3.58. The molecule has 2 aromatic rings. The van der Waals surface area contributed by atoms with Crippen molar-refractivity contribution in [1.29, 1.82) is 0 Å². The molecule has 0 aliphatic carbocycles. The molecule has 1 fully saturated rings. The molecule has 1 atom stereocenters. The Labute approximate surface area is 133 Å². The average Bonchev–Trinajstić information content (AvgIpc) is 3.00. The van der Waals surface area contributed by atoms with Gasteiger partial charge in [0.05, 0.1) is 12.3 Å². The number of benzene rings is 1. The molecule has 1 N–H and O–H groups in total. The third-order valence-electron chi connectivity index (χ3n) is 3.71. The largest absolute Gasteiger partial charge is 0.381 e. The van der Waals surface area contributed by atoms with Crippen LogP contribution in [0.25, 0.3) is 0 Å². The van der Waals surface area contributed by atoms with E-state index in [1.165, 1.54) is 6.07 Å². The van der Waals surface area contributed by atoms with Crippen molar-refractivity contribution in [3.05, 3.63) is 52.2 Å². The Balaban J connectivity index is 1.77. The first kappa shape index (κ1) is 15.2. The van der Waals surface area contributed by atoms with Crippen LogP contribution in [0.3, 0.4) is 0 Å². The fraction of sp³-hybridized carbons (Fsp3) is 0.375. The molecule has 2 heterocycles. The van der Waals surface area contributed by atoms with E-state index in [2.05, 4.69) is 15.3 Å². The smallest absolute Gasteiger partial charge is 0.130 e. The van der Waals surface area contributed by atoms with Gasteiger partial charge in [0.1, 0.15) is 17.5 Å². The maximum atomic E-state index is 13.8. The molecular weight excluding hydrogens is 305 g/mol. The first-order chi connectivity index (χ1) is 10.6. The van der Waals surface area contributed by atoms with E-state index in [0.29, 0.717) is 34.8 Å². The Bertz CT molecular complexity index is 654. The van der Waals surface area contributed by atoms with E-state index in [1.807, 2.05) is 13.0 Å². The molecule has 6 heteroatoms. The molecule has 0 bridgehead atoms. The second-order valence-electron chi connectivity index (χ2n) is 5.34. The van der Waals surface area contributed by atoms with Gasteiger partial charge in [0.15, 0.2) is 0 Å². The molecule has 1 aliphatic heterocycles. The number of hydrogen-bond donors (Lipinski definition) is 1. The van der Waals surface area contributed by atoms with Crippen LogP contribution in [-0.4, -0.2) is 23.2 Å². The lowest BCUT2D eigenvalue weighted by Crippen LogP contribution is -2.09. The molecule has 0 amide bonds. The van der Waals surface area contributed by atoms with Gasteiger partial charge in [-0.25, -0.2) is 14.4 Å². The summed E-state index contributed by atoms with van der Waals surface area (Å²) in [6.07, 6.45) is 0.967. The third-order valence-corrected chi connectivity index (χ3v) is 4.07. The summed E-state index contributed by atoms with van der Waals surface area (Å²) in [5.41, 5.74) is 1.40. The molecule has 1 aromatic carbocycles. The summed E-state index contributed by atoms with van der Waals surface area (Å²) >= 11 is 6.03. The van der Waals surface area contributed by atoms with Gasteiger partial charge in [-0.05, 0) is 25.5 Å². The summed E-state index contributed by atoms with van der Waals surface area (Å²) in [5.74, 6) is 1.34. The lowest BCUT2D eigenvalue weighted by atomic mass is 10.0. The van der Waals surface area contributed by atoms with Crippen LogP contribution in [0.1, 0.15) is 29.4 Å². The number of hydrogen-bond acceptors (Lipinski definition) is 4. The van der Waals surface area contributed by atoms with Crippen LogP contribution in [0.4, 0.5) is 10.2 Å². The van der Waals surface area contributed by atoms with E-state index >= 15 is 0 Å². The highest BCUT2D eigenvalue weighted by Gasteiger charge is 2.20. The number of halogens is 2. The van der Waals surface area contributed by atoms with Crippen molar-refractivity contribution in [2.24, 2.45) is 0 Å². The van der Waals surface area contributed by atoms with Crippen molar-refractivity contribution >= 4 is 17.4 Å². The minimum atomic E-state index is -0.324. The molecule has 3 rings (SSSR count). The van der Waals surface area contributed by atoms with Gasteiger partial charge < -0.3 is 10.1 Å². The van der Waals surface area contributed by atoms with Gasteiger partial charge in [0, 0.05) is 35.7 Å². The number of rotatable bonds is 4. The Morgan fingerprint density at radius 1 is 1.41 bits per heavy atom. The SMILES string of the molecule is Cc1nc(NCc2c(F)cccc2Cl)cc([C@H]2CCOC2)n1. The topological polar surface area (TPSA) is 47.0 Å². The van der Waals surface area contributed by atoms with E-state index < -0.39 is 0 Å². The molecule has 0 saturated carbocycles. The predicted molar refractivity (Wildman–Crippen MR) is 83.7 cm³/mol. The Morgan fingerprint density at radius 3 is 3.00 bits per heavy atom. The highest BCUT2D eigenvalue weighted by atomic mass is 35.5. The van der Waals surface area contributed by atoms with Crippen molar-refractivity contribution in [3.63, 3.8) is 0 Å². The molecule has 1 aliphatic rings. The zero-order chi connectivity index (χ0) is 15.5. The molecule has 0 unspecified atom stereocenters. The molecule has 0 radical (unpaired) electrons. The van der Waals surface area contributed by atoms with E-state index in [0.717, 1.165) is 18.7 Å². The second kappa shape index (κ2) is 6.58. The van der Waals surface area contributed by atoms with Crippen LogP contribution >= 0.6 is 11.6 Å². The highest BCUT2D eigenvalue weighted by molar-refractivity contribution is 6.31. The summed E-state index contributed by atoms with van der Waals surface area (Å²) in [4.78, 5) is 8.83. The van der Waals surface area contributed by atoms with E-state index in [-0.39, 0.29) is 12.4 Å². The first-order valence-electron chi connectivity index (χ1n) is 7.23. The predicted octanol–water partition coefficient (Wildman–Crippen LogP) is 3.69. The normalized spacial score (nSPS) is 17.7. The van der Waals surface area contributed by atoms with Crippen LogP contribution in [0.15, 0.2) is 24.3 Å². The minimum Gasteiger partial charge on any atom is -0.381 e. The van der Waals surface area contributed by atoms with Gasteiger partial charge in [-0.3, -0.25) is 0 Å². The zero-order valence-electron chi connectivity index (χ0n) is 12.3. The summed E-state index contributed by atoms with van der Waals surface area (Å²) in [7, 11) is 0. The molecule has 22 heavy (non-hydrogen) atoms. The Kier molecular flexibility index (Phi) is 4.55. The average molecular weight is 322 g/mol. The molecule has 0 spiro atoms. The van der Waals surface area contributed by atoms with Crippen molar-refractivity contribution < 1.29 is 9.13 Å². The van der Waals surface area contributed by atoms with Gasteiger partial charge in [0.2, 0.25) is 0 Å². The Hall–Kier alpha value is -1.72. The fourth-order valence-corrected chi connectivity index (χ4v) is 2.77. The van der Waals surface area contributed by atoms with Crippen LogP contribution in [0.2, 0.25) is 5.02 Å². The number of nitrogens with one attached hydrogen (secondary N) is 1. The lowest BCUT2D eigenvalue weighted by Gasteiger charge is -2.12. The van der Waals surface area contributed by atoms with Crippen LogP contribution in [-0.2, 0) is 11.3 Å². The van der Waals surface area contributed by atoms with Crippen molar-refractivity contribution in [3.8, 4) is 0 Å². The van der Waals surface area contributed by atoms with Crippen LogP contribution in [0.5, 0.6) is 0 Å². The fourth-order valence-electron chi connectivity index (χ4n) is 2.54. The Morgan fingerprint density at radius 2 is 2.27 bits per heavy atom. The third kappa shape index (κ3) is 3.36. The van der Waals surface area contributed by atoms with E-state index in [9.17, 15) is 4.39 Å². The second-order valence-corrected chi connectivity index (χ2v) is 5.75.